The van der Waals surface area contributed by atoms with Crippen LogP contribution in [0.25, 0.3) is 11.1 Å². The van der Waals surface area contributed by atoms with Gasteiger partial charge >= 0.3 is 6.09 Å². The lowest BCUT2D eigenvalue weighted by atomic mass is 10.1. The second-order valence-electron chi connectivity index (χ2n) is 11.2. The van der Waals surface area contributed by atoms with Gasteiger partial charge in [0.05, 0.1) is 25.8 Å². The molecule has 1 unspecified atom stereocenters. The third-order valence-electron chi connectivity index (χ3n) is 7.92. The second-order valence-corrected chi connectivity index (χ2v) is 11.2. The Bertz CT molecular complexity index is 1440. The molecule has 2 aliphatic heterocycles. The summed E-state index contributed by atoms with van der Waals surface area (Å²) >= 11 is 0. The lowest BCUT2D eigenvalue weighted by molar-refractivity contribution is 0.0258. The van der Waals surface area contributed by atoms with Crippen LogP contribution in [0.3, 0.4) is 0 Å². The molecule has 1 atom stereocenters. The van der Waals surface area contributed by atoms with Crippen LogP contribution in [0.15, 0.2) is 48.5 Å². The van der Waals surface area contributed by atoms with Crippen molar-refractivity contribution in [2.75, 3.05) is 43.1 Å². The molecule has 220 valence electrons. The smallest absolute Gasteiger partial charge is 0.404 e. The molecule has 2 fully saturated rings. The number of amides is 2. The highest BCUT2D eigenvalue weighted by Crippen LogP contribution is 2.37. The Labute approximate surface area is 244 Å². The van der Waals surface area contributed by atoms with Crippen LogP contribution in [-0.4, -0.2) is 77.0 Å². The number of hydrogen-bond donors (Lipinski definition) is 3. The van der Waals surface area contributed by atoms with Gasteiger partial charge in [0.1, 0.15) is 23.9 Å². The zero-order valence-corrected chi connectivity index (χ0v) is 23.9. The zero-order chi connectivity index (χ0) is 29.2. The van der Waals surface area contributed by atoms with Crippen LogP contribution in [-0.2, 0) is 11.3 Å². The summed E-state index contributed by atoms with van der Waals surface area (Å²) < 4.78 is 11.6. The van der Waals surface area contributed by atoms with Gasteiger partial charge in [0, 0.05) is 30.4 Å². The highest BCUT2D eigenvalue weighted by Gasteiger charge is 2.38. The summed E-state index contributed by atoms with van der Waals surface area (Å²) in [5.41, 5.74) is 4.23. The number of rotatable bonds is 10. The molecular formula is C31H36N6O5. The van der Waals surface area contributed by atoms with E-state index in [0.29, 0.717) is 48.8 Å². The minimum atomic E-state index is -1.07. The minimum Gasteiger partial charge on any atom is -0.492 e. The Morgan fingerprint density at radius 2 is 1.81 bits per heavy atom. The van der Waals surface area contributed by atoms with Crippen molar-refractivity contribution in [3.05, 3.63) is 59.8 Å². The molecule has 1 saturated heterocycles. The zero-order valence-electron chi connectivity index (χ0n) is 23.9. The van der Waals surface area contributed by atoms with Crippen molar-refractivity contribution in [3.8, 4) is 16.9 Å². The van der Waals surface area contributed by atoms with E-state index in [2.05, 4.69) is 15.5 Å². The van der Waals surface area contributed by atoms with Crippen molar-refractivity contribution in [1.82, 2.24) is 20.2 Å². The molecule has 11 nitrogen and oxygen atoms in total. The van der Waals surface area contributed by atoms with E-state index in [4.69, 9.17) is 24.5 Å². The van der Waals surface area contributed by atoms with Crippen molar-refractivity contribution in [2.45, 2.75) is 45.4 Å². The molecule has 2 aromatic carbocycles. The molecule has 2 amide bonds. The average Bonchev–Trinajstić information content (AvgIpc) is 3.79. The Kier molecular flexibility index (Phi) is 7.84. The number of aromatic nitrogens is 2. The lowest BCUT2D eigenvalue weighted by Crippen LogP contribution is -2.44. The molecule has 6 rings (SSSR count). The fraction of sp³-hybridized carbons (Fsp3) is 0.419. The first-order valence-corrected chi connectivity index (χ1v) is 14.5. The van der Waals surface area contributed by atoms with Gasteiger partial charge < -0.3 is 35.0 Å². The van der Waals surface area contributed by atoms with Gasteiger partial charge in [0.2, 0.25) is 5.95 Å². The van der Waals surface area contributed by atoms with Crippen molar-refractivity contribution in [2.24, 2.45) is 5.92 Å². The van der Waals surface area contributed by atoms with Gasteiger partial charge in [-0.15, -0.1) is 0 Å². The van der Waals surface area contributed by atoms with Crippen molar-refractivity contribution in [3.63, 3.8) is 0 Å². The van der Waals surface area contributed by atoms with E-state index >= 15 is 0 Å². The molecular weight excluding hydrogens is 536 g/mol. The van der Waals surface area contributed by atoms with Crippen molar-refractivity contribution in [1.29, 1.82) is 0 Å². The van der Waals surface area contributed by atoms with Crippen LogP contribution in [0.4, 0.5) is 22.2 Å². The van der Waals surface area contributed by atoms with Crippen LogP contribution < -0.4 is 20.3 Å². The molecule has 3 aliphatic rings. The maximum atomic E-state index is 13.3. The number of carbonyl (C=O) groups is 2. The maximum Gasteiger partial charge on any atom is 0.404 e. The predicted octanol–water partition coefficient (Wildman–Crippen LogP) is 4.51. The number of benzene rings is 2. The molecule has 0 bridgehead atoms. The van der Waals surface area contributed by atoms with Crippen LogP contribution in [0.5, 0.6) is 5.75 Å². The van der Waals surface area contributed by atoms with Crippen molar-refractivity contribution < 1.29 is 24.2 Å². The Morgan fingerprint density at radius 3 is 2.48 bits per heavy atom. The van der Waals surface area contributed by atoms with Crippen LogP contribution in [0.2, 0.25) is 0 Å². The Morgan fingerprint density at radius 1 is 1.10 bits per heavy atom. The van der Waals surface area contributed by atoms with E-state index in [1.165, 1.54) is 12.8 Å². The quantitative estimate of drug-likeness (QED) is 0.301. The van der Waals surface area contributed by atoms with Gasteiger partial charge in [-0.1, -0.05) is 24.3 Å². The number of anilines is 3. The number of fused-ring (bicyclic) bond motifs is 1. The molecule has 42 heavy (non-hydrogen) atoms. The first-order valence-electron chi connectivity index (χ1n) is 14.5. The number of hydrogen-bond acceptors (Lipinski definition) is 8. The van der Waals surface area contributed by atoms with E-state index in [-0.39, 0.29) is 31.2 Å². The van der Waals surface area contributed by atoms with Gasteiger partial charge in [-0.05, 0) is 68.0 Å². The molecule has 3 N–H and O–H groups in total. The Hall–Kier alpha value is -4.38. The van der Waals surface area contributed by atoms with Gasteiger partial charge in [-0.2, -0.15) is 4.98 Å². The second kappa shape index (κ2) is 11.8. The summed E-state index contributed by atoms with van der Waals surface area (Å²) in [5, 5.41) is 14.4. The first kappa shape index (κ1) is 27.8. The van der Waals surface area contributed by atoms with Gasteiger partial charge in [-0.3, -0.25) is 4.79 Å². The van der Waals surface area contributed by atoms with Crippen LogP contribution in [0, 0.1) is 5.92 Å². The van der Waals surface area contributed by atoms with E-state index in [0.717, 1.165) is 28.9 Å². The maximum absolute atomic E-state index is 13.3. The highest BCUT2D eigenvalue weighted by molar-refractivity contribution is 5.98. The highest BCUT2D eigenvalue weighted by atomic mass is 16.5. The fourth-order valence-corrected chi connectivity index (χ4v) is 5.40. The van der Waals surface area contributed by atoms with Gasteiger partial charge in [0.15, 0.2) is 0 Å². The minimum absolute atomic E-state index is 0.0559. The normalized spacial score (nSPS) is 18.3. The van der Waals surface area contributed by atoms with E-state index in [9.17, 15) is 9.59 Å². The number of morpholine rings is 1. The van der Waals surface area contributed by atoms with E-state index in [1.54, 1.807) is 0 Å². The monoisotopic (exact) mass is 572 g/mol. The first-order chi connectivity index (χ1) is 20.4. The van der Waals surface area contributed by atoms with Crippen LogP contribution in [0.1, 0.15) is 42.7 Å². The average molecular weight is 573 g/mol. The number of carbonyl (C=O) groups excluding carboxylic acids is 1. The molecule has 0 spiro atoms. The number of nitrogens with one attached hydrogen (secondary N) is 2. The number of carboxylic acid groups (broad SMARTS) is 1. The molecule has 1 aliphatic carbocycles. The predicted molar refractivity (Wildman–Crippen MR) is 158 cm³/mol. The summed E-state index contributed by atoms with van der Waals surface area (Å²) in [6.45, 7) is 7.05. The number of ether oxygens (including phenoxy) is 2. The van der Waals surface area contributed by atoms with Gasteiger partial charge in [0.25, 0.3) is 5.91 Å². The van der Waals surface area contributed by atoms with E-state index in [1.807, 2.05) is 67.3 Å². The van der Waals surface area contributed by atoms with Gasteiger partial charge in [-0.25, -0.2) is 9.78 Å². The summed E-state index contributed by atoms with van der Waals surface area (Å²) in [5.74, 6) is 2.46. The molecule has 1 saturated carbocycles. The fourth-order valence-electron chi connectivity index (χ4n) is 5.40. The van der Waals surface area contributed by atoms with E-state index < -0.39 is 6.09 Å². The van der Waals surface area contributed by atoms with Crippen LogP contribution >= 0.6 is 0 Å². The summed E-state index contributed by atoms with van der Waals surface area (Å²) in [4.78, 5) is 37.6. The number of nitrogens with zero attached hydrogens (tertiary/aromatic N) is 4. The summed E-state index contributed by atoms with van der Waals surface area (Å²) in [6.07, 6.45) is 1.54. The molecule has 1 aromatic heterocycles. The lowest BCUT2D eigenvalue weighted by Gasteiger charge is -2.33. The van der Waals surface area contributed by atoms with Crippen molar-refractivity contribution >= 4 is 29.5 Å². The molecule has 0 radical (unpaired) electrons. The largest absolute Gasteiger partial charge is 0.492 e. The standard InChI is InChI=1S/C31H36N6O5/c1-19(2)37-17-25-27(29(37)38)34-30(36-14-16-42-26(18-36)22-3-4-22)35-28(25)33-23-9-5-20(6-10-23)21-7-11-24(12-8-21)41-15-13-32-31(39)40/h5-12,19,22,26,32H,3-4,13-18H2,1-2H3,(H,39,40)(H,33,34,35). The third-order valence-corrected chi connectivity index (χ3v) is 7.92. The summed E-state index contributed by atoms with van der Waals surface area (Å²) in [6, 6.07) is 15.8. The summed E-state index contributed by atoms with van der Waals surface area (Å²) in [7, 11) is 0. The molecule has 3 aromatic rings. The molecule has 3 heterocycles. The SMILES string of the molecule is CC(C)N1Cc2c(Nc3ccc(-c4ccc(OCCNC(=O)O)cc4)cc3)nc(N3CCOC(C4CC4)C3)nc2C1=O. The Balaban J connectivity index is 1.19. The third kappa shape index (κ3) is 6.11. The topological polar surface area (TPSA) is 129 Å². The molecule has 11 heteroatoms.